The summed E-state index contributed by atoms with van der Waals surface area (Å²) < 4.78 is 16.7. The Labute approximate surface area is 123 Å². The quantitative estimate of drug-likeness (QED) is 0.722. The molecular weight excluding hydrogens is 272 g/mol. The molecule has 0 radical (unpaired) electrons. The molecule has 5 nitrogen and oxygen atoms in total. The highest BCUT2D eigenvalue weighted by atomic mass is 16.6. The summed E-state index contributed by atoms with van der Waals surface area (Å²) in [6.45, 7) is 3.41. The van der Waals surface area contributed by atoms with Crippen molar-refractivity contribution in [2.75, 3.05) is 0 Å². The Morgan fingerprint density at radius 2 is 1.90 bits per heavy atom. The van der Waals surface area contributed by atoms with Gasteiger partial charge in [0, 0.05) is 18.9 Å². The van der Waals surface area contributed by atoms with Crippen molar-refractivity contribution in [1.29, 1.82) is 0 Å². The molecule has 0 spiro atoms. The summed E-state index contributed by atoms with van der Waals surface area (Å²) in [5.74, 6) is -0.683. The fraction of sp³-hybridized carbons (Fsp3) is 0.500. The summed E-state index contributed by atoms with van der Waals surface area (Å²) in [7, 11) is 0. The fourth-order valence-corrected chi connectivity index (χ4v) is 3.26. The molecule has 0 unspecified atom stereocenters. The Kier molecular flexibility index (Phi) is 3.68. The van der Waals surface area contributed by atoms with Crippen molar-refractivity contribution < 1.29 is 23.8 Å². The van der Waals surface area contributed by atoms with Gasteiger partial charge in [-0.1, -0.05) is 31.2 Å². The first-order chi connectivity index (χ1) is 10.1. The topological polar surface area (TPSA) is 61.8 Å². The zero-order valence-electron chi connectivity index (χ0n) is 12.0. The molecule has 0 saturated carbocycles. The van der Waals surface area contributed by atoms with Gasteiger partial charge in [0.05, 0.1) is 12.2 Å². The van der Waals surface area contributed by atoms with Crippen LogP contribution in [0.3, 0.4) is 0 Å². The van der Waals surface area contributed by atoms with Gasteiger partial charge in [-0.05, 0) is 12.0 Å². The standard InChI is InChI=1S/C16H18O5/c1-9-11-5-3-4-6-12(20-11)15(9)16-13(19-10(2)17)7-8-14(18)21-16/h3-9,11-13,15-16H,1-2H3/t9-,11-,12+,13-,15-,16-/m1/s1. The molecular formula is C16H18O5. The summed E-state index contributed by atoms with van der Waals surface area (Å²) >= 11 is 0. The molecule has 0 N–H and O–H groups in total. The summed E-state index contributed by atoms with van der Waals surface area (Å²) in [4.78, 5) is 22.9. The fourth-order valence-electron chi connectivity index (χ4n) is 3.26. The van der Waals surface area contributed by atoms with E-state index in [0.29, 0.717) is 0 Å². The Bertz CT molecular complexity index is 533. The van der Waals surface area contributed by atoms with Crippen molar-refractivity contribution in [2.45, 2.75) is 38.3 Å². The zero-order chi connectivity index (χ0) is 15.0. The Morgan fingerprint density at radius 1 is 1.19 bits per heavy atom. The number of hydrogen-bond donors (Lipinski definition) is 0. The highest BCUT2D eigenvalue weighted by molar-refractivity contribution is 5.83. The molecule has 3 heterocycles. The third-order valence-corrected chi connectivity index (χ3v) is 4.21. The molecule has 0 aromatic rings. The van der Waals surface area contributed by atoms with Crippen LogP contribution in [0.4, 0.5) is 0 Å². The van der Waals surface area contributed by atoms with Crippen LogP contribution in [0.25, 0.3) is 0 Å². The van der Waals surface area contributed by atoms with E-state index in [1.807, 2.05) is 24.3 Å². The SMILES string of the molecule is CC(=O)O[C@@H]1C=CC(=O)O[C@H]1[C@@H]1[C@H](C)[C@H]2C=CC=C[C@@H]1O2. The number of ether oxygens (including phenoxy) is 3. The average Bonchev–Trinajstić information content (AvgIpc) is 2.61. The number of esters is 2. The minimum absolute atomic E-state index is 0.0161. The lowest BCUT2D eigenvalue weighted by Crippen LogP contribution is -2.46. The van der Waals surface area contributed by atoms with E-state index in [2.05, 4.69) is 6.92 Å². The maximum absolute atomic E-state index is 11.6. The van der Waals surface area contributed by atoms with E-state index in [4.69, 9.17) is 14.2 Å². The molecule has 6 atom stereocenters. The predicted octanol–water partition coefficient (Wildman–Crippen LogP) is 1.55. The smallest absolute Gasteiger partial charge is 0.330 e. The van der Waals surface area contributed by atoms with Crippen LogP contribution in [0.2, 0.25) is 0 Å². The van der Waals surface area contributed by atoms with Gasteiger partial charge in [0.2, 0.25) is 0 Å². The van der Waals surface area contributed by atoms with Crippen LogP contribution in [-0.4, -0.2) is 36.4 Å². The molecule has 21 heavy (non-hydrogen) atoms. The van der Waals surface area contributed by atoms with Crippen molar-refractivity contribution in [3.05, 3.63) is 36.5 Å². The van der Waals surface area contributed by atoms with Gasteiger partial charge in [-0.3, -0.25) is 4.79 Å². The average molecular weight is 290 g/mol. The highest BCUT2D eigenvalue weighted by Gasteiger charge is 2.49. The van der Waals surface area contributed by atoms with Gasteiger partial charge >= 0.3 is 11.9 Å². The Hall–Kier alpha value is -1.88. The summed E-state index contributed by atoms with van der Waals surface area (Å²) in [5.41, 5.74) is 0. The summed E-state index contributed by atoms with van der Waals surface area (Å²) in [6, 6.07) is 0. The molecule has 5 heteroatoms. The van der Waals surface area contributed by atoms with E-state index in [9.17, 15) is 9.59 Å². The molecule has 0 aromatic carbocycles. The number of hydrogen-bond acceptors (Lipinski definition) is 5. The highest BCUT2D eigenvalue weighted by Crippen LogP contribution is 2.40. The number of fused-ring (bicyclic) bond motifs is 2. The monoisotopic (exact) mass is 290 g/mol. The number of cyclic esters (lactones) is 1. The van der Waals surface area contributed by atoms with Crippen LogP contribution < -0.4 is 0 Å². The van der Waals surface area contributed by atoms with Gasteiger partial charge in [-0.25, -0.2) is 4.79 Å². The van der Waals surface area contributed by atoms with Gasteiger partial charge in [-0.15, -0.1) is 0 Å². The first-order valence-electron chi connectivity index (χ1n) is 7.13. The third kappa shape index (κ3) is 2.65. The summed E-state index contributed by atoms with van der Waals surface area (Å²) in [6.07, 6.45) is 9.52. The van der Waals surface area contributed by atoms with Gasteiger partial charge < -0.3 is 14.2 Å². The lowest BCUT2D eigenvalue weighted by atomic mass is 9.80. The second-order valence-corrected chi connectivity index (χ2v) is 5.61. The molecule has 2 bridgehead atoms. The van der Waals surface area contributed by atoms with Crippen molar-refractivity contribution in [1.82, 2.24) is 0 Å². The van der Waals surface area contributed by atoms with E-state index >= 15 is 0 Å². The number of rotatable bonds is 2. The molecule has 0 aliphatic carbocycles. The Morgan fingerprint density at radius 3 is 2.62 bits per heavy atom. The maximum atomic E-state index is 11.6. The maximum Gasteiger partial charge on any atom is 0.330 e. The second kappa shape index (κ2) is 5.48. The van der Waals surface area contributed by atoms with E-state index in [1.54, 1.807) is 6.08 Å². The zero-order valence-corrected chi connectivity index (χ0v) is 12.0. The number of carbonyl (C=O) groups excluding carboxylic acids is 2. The van der Waals surface area contributed by atoms with Crippen molar-refractivity contribution in [3.63, 3.8) is 0 Å². The predicted molar refractivity (Wildman–Crippen MR) is 74.2 cm³/mol. The molecule has 3 rings (SSSR count). The lowest BCUT2D eigenvalue weighted by molar-refractivity contribution is -0.168. The van der Waals surface area contributed by atoms with Crippen LogP contribution in [-0.2, 0) is 23.8 Å². The lowest BCUT2D eigenvalue weighted by Gasteiger charge is -2.34. The molecule has 0 amide bonds. The van der Waals surface area contributed by atoms with Crippen molar-refractivity contribution in [2.24, 2.45) is 11.8 Å². The molecule has 3 aliphatic heterocycles. The van der Waals surface area contributed by atoms with Crippen LogP contribution in [0.15, 0.2) is 36.5 Å². The van der Waals surface area contributed by atoms with Gasteiger partial charge in [0.25, 0.3) is 0 Å². The van der Waals surface area contributed by atoms with Crippen LogP contribution in [0.5, 0.6) is 0 Å². The van der Waals surface area contributed by atoms with Crippen LogP contribution in [0.1, 0.15) is 13.8 Å². The van der Waals surface area contributed by atoms with E-state index in [1.165, 1.54) is 13.0 Å². The van der Waals surface area contributed by atoms with Gasteiger partial charge in [-0.2, -0.15) is 0 Å². The molecule has 3 aliphatic rings. The second-order valence-electron chi connectivity index (χ2n) is 5.61. The minimum atomic E-state index is -0.561. The van der Waals surface area contributed by atoms with Crippen molar-refractivity contribution >= 4 is 11.9 Å². The van der Waals surface area contributed by atoms with Crippen LogP contribution in [0, 0.1) is 11.8 Å². The van der Waals surface area contributed by atoms with Gasteiger partial charge in [0.15, 0.2) is 6.10 Å². The van der Waals surface area contributed by atoms with Gasteiger partial charge in [0.1, 0.15) is 6.10 Å². The first kappa shape index (κ1) is 14.1. The molecule has 1 saturated heterocycles. The van der Waals surface area contributed by atoms with E-state index in [-0.39, 0.29) is 24.0 Å². The third-order valence-electron chi connectivity index (χ3n) is 4.21. The minimum Gasteiger partial charge on any atom is -0.454 e. The molecule has 1 fully saturated rings. The number of allylic oxidation sites excluding steroid dienone is 2. The summed E-state index contributed by atoms with van der Waals surface area (Å²) in [5, 5.41) is 0. The largest absolute Gasteiger partial charge is 0.454 e. The molecule has 112 valence electrons. The Balaban J connectivity index is 1.88. The molecule has 0 aromatic heterocycles. The van der Waals surface area contributed by atoms with Crippen LogP contribution >= 0.6 is 0 Å². The number of carbonyl (C=O) groups is 2. The normalized spacial score (nSPS) is 40.8. The first-order valence-corrected chi connectivity index (χ1v) is 7.13. The van der Waals surface area contributed by atoms with E-state index in [0.717, 1.165) is 0 Å². The van der Waals surface area contributed by atoms with E-state index < -0.39 is 24.1 Å². The van der Waals surface area contributed by atoms with Crippen molar-refractivity contribution in [3.8, 4) is 0 Å².